The number of pyridine rings is 1. The van der Waals surface area contributed by atoms with Gasteiger partial charge in [0.2, 0.25) is 5.95 Å². The molecule has 3 atom stereocenters. The number of rotatable bonds is 3. The molecule has 24 heavy (non-hydrogen) atoms. The second-order valence-electron chi connectivity index (χ2n) is 7.41. The zero-order valence-electron chi connectivity index (χ0n) is 14.1. The van der Waals surface area contributed by atoms with Crippen LogP contribution in [0.1, 0.15) is 46.1 Å². The number of aliphatic imine (C=N–C) groups is 1. The van der Waals surface area contributed by atoms with Crippen molar-refractivity contribution in [1.29, 1.82) is 0 Å². The van der Waals surface area contributed by atoms with E-state index in [4.69, 9.17) is 9.47 Å². The van der Waals surface area contributed by atoms with E-state index in [9.17, 15) is 9.18 Å². The van der Waals surface area contributed by atoms with E-state index < -0.39 is 23.1 Å². The first kappa shape index (κ1) is 17.3. The van der Waals surface area contributed by atoms with Gasteiger partial charge in [-0.05, 0) is 56.1 Å². The van der Waals surface area contributed by atoms with E-state index in [-0.39, 0.29) is 18.4 Å². The van der Waals surface area contributed by atoms with Gasteiger partial charge in [-0.2, -0.15) is 4.39 Å². The summed E-state index contributed by atoms with van der Waals surface area (Å²) in [4.78, 5) is 20.4. The number of halogens is 2. The Balaban J connectivity index is 1.88. The molecule has 1 aromatic heterocycles. The fourth-order valence-corrected chi connectivity index (χ4v) is 3.39. The zero-order chi connectivity index (χ0) is 17.7. The highest BCUT2D eigenvalue weighted by molar-refractivity contribution is 9.10. The van der Waals surface area contributed by atoms with E-state index in [1.165, 1.54) is 6.20 Å². The van der Waals surface area contributed by atoms with Crippen molar-refractivity contribution >= 4 is 27.8 Å². The smallest absolute Gasteiger partial charge is 0.315 e. The predicted molar refractivity (Wildman–Crippen MR) is 90.1 cm³/mol. The van der Waals surface area contributed by atoms with Crippen LogP contribution in [0.4, 0.5) is 4.39 Å². The van der Waals surface area contributed by atoms with Crippen LogP contribution in [0.2, 0.25) is 0 Å². The monoisotopic (exact) mass is 398 g/mol. The molecular formula is C17H20BrFN2O3. The number of hydrogen-bond donors (Lipinski definition) is 0. The maximum absolute atomic E-state index is 14.3. The van der Waals surface area contributed by atoms with Gasteiger partial charge in [0.1, 0.15) is 18.1 Å². The molecule has 0 saturated heterocycles. The fraction of sp³-hybridized carbons (Fsp3) is 0.588. The summed E-state index contributed by atoms with van der Waals surface area (Å²) in [5.41, 5.74) is -0.950. The SMILES string of the molecule is CC(C)(C)OC(=O)CC1=N[C@@](C)(c2cc(Br)cnc2F)[C@@H]2C[C@@H]2O1. The molecule has 0 spiro atoms. The third-order valence-corrected chi connectivity index (χ3v) is 4.60. The molecule has 1 fully saturated rings. The van der Waals surface area contributed by atoms with Crippen LogP contribution in [0, 0.1) is 11.9 Å². The minimum absolute atomic E-state index is 0.0386. The van der Waals surface area contributed by atoms with Crippen molar-refractivity contribution in [3.63, 3.8) is 0 Å². The van der Waals surface area contributed by atoms with Crippen LogP contribution in [0.25, 0.3) is 0 Å². The Hall–Kier alpha value is -1.50. The van der Waals surface area contributed by atoms with Gasteiger partial charge in [-0.3, -0.25) is 4.79 Å². The molecule has 0 aromatic carbocycles. The predicted octanol–water partition coefficient (Wildman–Crippen LogP) is 3.75. The molecule has 0 bridgehead atoms. The van der Waals surface area contributed by atoms with Crippen molar-refractivity contribution < 1.29 is 18.7 Å². The average Bonchev–Trinajstić information content (AvgIpc) is 3.19. The van der Waals surface area contributed by atoms with Crippen LogP contribution in [0.15, 0.2) is 21.7 Å². The number of aromatic nitrogens is 1. The largest absolute Gasteiger partial charge is 0.477 e. The molecule has 130 valence electrons. The van der Waals surface area contributed by atoms with Crippen LogP contribution >= 0.6 is 15.9 Å². The van der Waals surface area contributed by atoms with Crippen molar-refractivity contribution in [2.45, 2.75) is 57.8 Å². The summed E-state index contributed by atoms with van der Waals surface area (Å²) >= 11 is 3.33. The van der Waals surface area contributed by atoms with E-state index in [0.29, 0.717) is 15.9 Å². The number of fused-ring (bicyclic) bond motifs is 1. The van der Waals surface area contributed by atoms with Gasteiger partial charge in [-0.25, -0.2) is 9.98 Å². The third-order valence-electron chi connectivity index (χ3n) is 4.16. The lowest BCUT2D eigenvalue weighted by molar-refractivity contribution is -0.153. The van der Waals surface area contributed by atoms with Crippen molar-refractivity contribution in [1.82, 2.24) is 4.98 Å². The highest BCUT2D eigenvalue weighted by atomic mass is 79.9. The molecule has 2 heterocycles. The number of nitrogens with zero attached hydrogens (tertiary/aromatic N) is 2. The Labute approximate surface area is 148 Å². The number of esters is 1. The molecule has 1 aromatic rings. The molecule has 0 radical (unpaired) electrons. The molecule has 0 amide bonds. The van der Waals surface area contributed by atoms with Crippen LogP contribution in [0.5, 0.6) is 0 Å². The summed E-state index contributed by atoms with van der Waals surface area (Å²) in [6.07, 6.45) is 2.10. The van der Waals surface area contributed by atoms with Crippen molar-refractivity contribution in [3.8, 4) is 0 Å². The molecule has 2 aliphatic rings. The van der Waals surface area contributed by atoms with Crippen LogP contribution in [-0.4, -0.2) is 28.6 Å². The highest BCUT2D eigenvalue weighted by Crippen LogP contribution is 2.53. The van der Waals surface area contributed by atoms with Crippen LogP contribution in [-0.2, 0) is 19.8 Å². The minimum Gasteiger partial charge on any atom is -0.477 e. The summed E-state index contributed by atoms with van der Waals surface area (Å²) in [5, 5.41) is 0. The topological polar surface area (TPSA) is 60.8 Å². The molecule has 1 aliphatic heterocycles. The second-order valence-corrected chi connectivity index (χ2v) is 8.32. The number of ether oxygens (including phenoxy) is 2. The zero-order valence-corrected chi connectivity index (χ0v) is 15.7. The highest BCUT2D eigenvalue weighted by Gasteiger charge is 2.57. The molecule has 7 heteroatoms. The Bertz CT molecular complexity index is 716. The van der Waals surface area contributed by atoms with E-state index in [1.54, 1.807) is 26.8 Å². The summed E-state index contributed by atoms with van der Waals surface area (Å²) in [7, 11) is 0. The first-order valence-electron chi connectivity index (χ1n) is 7.87. The van der Waals surface area contributed by atoms with Crippen LogP contribution < -0.4 is 0 Å². The Morgan fingerprint density at radius 1 is 1.54 bits per heavy atom. The van der Waals surface area contributed by atoms with Gasteiger partial charge in [0.05, 0.1) is 5.54 Å². The van der Waals surface area contributed by atoms with E-state index in [2.05, 4.69) is 25.9 Å². The number of carbonyl (C=O) groups excluding carboxylic acids is 1. The number of carbonyl (C=O) groups is 1. The first-order chi connectivity index (χ1) is 11.1. The lowest BCUT2D eigenvalue weighted by Gasteiger charge is -2.31. The van der Waals surface area contributed by atoms with E-state index >= 15 is 0 Å². The quantitative estimate of drug-likeness (QED) is 0.574. The van der Waals surface area contributed by atoms with Crippen molar-refractivity contribution in [3.05, 3.63) is 28.2 Å². The second kappa shape index (κ2) is 5.79. The minimum atomic E-state index is -0.791. The van der Waals surface area contributed by atoms with Crippen molar-refractivity contribution in [2.75, 3.05) is 0 Å². The maximum atomic E-state index is 14.3. The van der Waals surface area contributed by atoms with E-state index in [1.807, 2.05) is 6.92 Å². The lowest BCUT2D eigenvalue weighted by atomic mass is 9.87. The molecule has 3 rings (SSSR count). The fourth-order valence-electron chi connectivity index (χ4n) is 3.06. The van der Waals surface area contributed by atoms with Crippen molar-refractivity contribution in [2.24, 2.45) is 10.9 Å². The van der Waals surface area contributed by atoms with Gasteiger partial charge in [-0.1, -0.05) is 0 Å². The molecule has 0 N–H and O–H groups in total. The Kier molecular flexibility index (Phi) is 4.18. The standard InChI is InChI=1S/C17H20BrFN2O3/c1-16(2,3)24-14(22)7-13-21-17(4,10-6-12(10)23-13)11-5-9(18)8-20-15(11)19/h5,8,10,12H,6-7H2,1-4H3/t10-,12+,17-/m1/s1. The summed E-state index contributed by atoms with van der Waals surface area (Å²) in [6, 6.07) is 1.69. The Morgan fingerprint density at radius 3 is 2.92 bits per heavy atom. The van der Waals surface area contributed by atoms with Gasteiger partial charge in [0.25, 0.3) is 0 Å². The maximum Gasteiger partial charge on any atom is 0.315 e. The van der Waals surface area contributed by atoms with E-state index in [0.717, 1.165) is 6.42 Å². The molecule has 1 aliphatic carbocycles. The molecule has 5 nitrogen and oxygen atoms in total. The first-order valence-corrected chi connectivity index (χ1v) is 8.66. The molecule has 0 unspecified atom stereocenters. The van der Waals surface area contributed by atoms with Gasteiger partial charge in [0.15, 0.2) is 5.90 Å². The molecular weight excluding hydrogens is 379 g/mol. The van der Waals surface area contributed by atoms with Gasteiger partial charge >= 0.3 is 5.97 Å². The van der Waals surface area contributed by atoms with Crippen LogP contribution in [0.3, 0.4) is 0 Å². The Morgan fingerprint density at radius 2 is 2.25 bits per heavy atom. The summed E-state index contributed by atoms with van der Waals surface area (Å²) < 4.78 is 26.0. The van der Waals surface area contributed by atoms with Gasteiger partial charge in [0, 0.05) is 22.2 Å². The molecule has 1 saturated carbocycles. The summed E-state index contributed by atoms with van der Waals surface area (Å²) in [5.74, 6) is -0.570. The third kappa shape index (κ3) is 3.45. The number of hydrogen-bond acceptors (Lipinski definition) is 5. The normalized spacial score (nSPS) is 28.5. The van der Waals surface area contributed by atoms with Gasteiger partial charge in [-0.15, -0.1) is 0 Å². The lowest BCUT2D eigenvalue weighted by Crippen LogP contribution is -2.34. The summed E-state index contributed by atoms with van der Waals surface area (Å²) in [6.45, 7) is 7.27. The average molecular weight is 399 g/mol. The van der Waals surface area contributed by atoms with Gasteiger partial charge < -0.3 is 9.47 Å².